The zero-order chi connectivity index (χ0) is 16.3. The first kappa shape index (κ1) is 17.1. The molecule has 2 amide bonds. The highest BCUT2D eigenvalue weighted by atomic mass is 19.4. The molecule has 0 atom stereocenters. The van der Waals surface area contributed by atoms with E-state index in [9.17, 15) is 22.8 Å². The van der Waals surface area contributed by atoms with Gasteiger partial charge in [0.05, 0.1) is 0 Å². The van der Waals surface area contributed by atoms with Gasteiger partial charge in [-0.25, -0.2) is 0 Å². The maximum atomic E-state index is 12.4. The van der Waals surface area contributed by atoms with Crippen LogP contribution in [0.5, 0.6) is 0 Å². The Hall–Kier alpha value is -1.31. The van der Waals surface area contributed by atoms with E-state index in [-0.39, 0.29) is 24.9 Å². The first-order valence-corrected chi connectivity index (χ1v) is 7.70. The van der Waals surface area contributed by atoms with Crippen molar-refractivity contribution in [3.8, 4) is 0 Å². The summed E-state index contributed by atoms with van der Waals surface area (Å²) < 4.78 is 37.1. The molecule has 2 rings (SSSR count). The van der Waals surface area contributed by atoms with E-state index >= 15 is 0 Å². The molecule has 0 saturated carbocycles. The van der Waals surface area contributed by atoms with Gasteiger partial charge in [-0.2, -0.15) is 13.2 Å². The van der Waals surface area contributed by atoms with Crippen LogP contribution < -0.4 is 0 Å². The van der Waals surface area contributed by atoms with E-state index in [1.54, 1.807) is 4.90 Å². The van der Waals surface area contributed by atoms with Crippen LogP contribution in [0, 0.1) is 5.92 Å². The molecule has 22 heavy (non-hydrogen) atoms. The molecule has 0 aliphatic carbocycles. The van der Waals surface area contributed by atoms with Crippen LogP contribution in [0.1, 0.15) is 19.8 Å². The quantitative estimate of drug-likeness (QED) is 0.761. The highest BCUT2D eigenvalue weighted by Crippen LogP contribution is 2.25. The average Bonchev–Trinajstić information content (AvgIpc) is 2.53. The number of rotatable bonds is 2. The third-order valence-corrected chi connectivity index (χ3v) is 4.51. The topological polar surface area (TPSA) is 43.9 Å². The number of hydrogen-bond donors (Lipinski definition) is 0. The number of carbonyl (C=O) groups is 2. The standard InChI is InChI=1S/C14H22F3N3O2/c1-2-18-7-9-19(10-8-18)12(21)11-3-5-20(6-4-11)13(22)14(15,16)17/h11H,2-10H2,1H3. The summed E-state index contributed by atoms with van der Waals surface area (Å²) in [6.07, 6.45) is -4.20. The molecule has 0 aromatic rings. The second-order valence-corrected chi connectivity index (χ2v) is 5.82. The lowest BCUT2D eigenvalue weighted by Crippen LogP contribution is -2.52. The number of likely N-dealkylation sites (tertiary alicyclic amines) is 1. The van der Waals surface area contributed by atoms with Gasteiger partial charge in [0.1, 0.15) is 0 Å². The van der Waals surface area contributed by atoms with E-state index in [0.717, 1.165) is 24.5 Å². The largest absolute Gasteiger partial charge is 0.471 e. The summed E-state index contributed by atoms with van der Waals surface area (Å²) >= 11 is 0. The summed E-state index contributed by atoms with van der Waals surface area (Å²) in [5.74, 6) is -2.03. The third-order valence-electron chi connectivity index (χ3n) is 4.51. The molecule has 0 unspecified atom stereocenters. The van der Waals surface area contributed by atoms with Gasteiger partial charge >= 0.3 is 12.1 Å². The number of nitrogens with zero attached hydrogens (tertiary/aromatic N) is 3. The number of likely N-dealkylation sites (N-methyl/N-ethyl adjacent to an activating group) is 1. The third kappa shape index (κ3) is 3.91. The minimum Gasteiger partial charge on any atom is -0.340 e. The summed E-state index contributed by atoms with van der Waals surface area (Å²) in [6.45, 7) is 6.07. The van der Waals surface area contributed by atoms with Crippen molar-refractivity contribution in [2.75, 3.05) is 45.8 Å². The zero-order valence-electron chi connectivity index (χ0n) is 12.7. The fourth-order valence-corrected chi connectivity index (χ4v) is 3.05. The van der Waals surface area contributed by atoms with Crippen molar-refractivity contribution in [3.63, 3.8) is 0 Å². The number of hydrogen-bond acceptors (Lipinski definition) is 3. The van der Waals surface area contributed by atoms with Crippen LogP contribution in [0.2, 0.25) is 0 Å². The predicted octanol–water partition coefficient (Wildman–Crippen LogP) is 0.951. The number of alkyl halides is 3. The Morgan fingerprint density at radius 3 is 1.95 bits per heavy atom. The van der Waals surface area contributed by atoms with Crippen molar-refractivity contribution in [1.29, 1.82) is 0 Å². The molecule has 0 N–H and O–H groups in total. The summed E-state index contributed by atoms with van der Waals surface area (Å²) in [4.78, 5) is 28.4. The molecular formula is C14H22F3N3O2. The Kier molecular flexibility index (Phi) is 5.31. The lowest BCUT2D eigenvalue weighted by Gasteiger charge is -2.38. The maximum Gasteiger partial charge on any atom is 0.471 e. The number of halogens is 3. The molecule has 8 heteroatoms. The Labute approximate surface area is 128 Å². The van der Waals surface area contributed by atoms with Crippen LogP contribution in [0.3, 0.4) is 0 Å². The van der Waals surface area contributed by atoms with Crippen molar-refractivity contribution in [2.45, 2.75) is 25.9 Å². The lowest BCUT2D eigenvalue weighted by molar-refractivity contribution is -0.187. The van der Waals surface area contributed by atoms with Gasteiger partial charge in [-0.3, -0.25) is 9.59 Å². The Morgan fingerprint density at radius 1 is 0.955 bits per heavy atom. The molecule has 0 aromatic carbocycles. The average molecular weight is 321 g/mol. The SMILES string of the molecule is CCN1CCN(C(=O)C2CCN(C(=O)C(F)(F)F)CC2)CC1. The van der Waals surface area contributed by atoms with Crippen LogP contribution in [-0.4, -0.2) is 78.5 Å². The van der Waals surface area contributed by atoms with E-state index in [0.29, 0.717) is 25.9 Å². The highest BCUT2D eigenvalue weighted by Gasteiger charge is 2.44. The van der Waals surface area contributed by atoms with E-state index in [2.05, 4.69) is 11.8 Å². The van der Waals surface area contributed by atoms with Gasteiger partial charge in [0.15, 0.2) is 0 Å². The molecule has 0 bridgehead atoms. The maximum absolute atomic E-state index is 12.4. The Balaban J connectivity index is 1.82. The summed E-state index contributed by atoms with van der Waals surface area (Å²) in [5, 5.41) is 0. The summed E-state index contributed by atoms with van der Waals surface area (Å²) in [6, 6.07) is 0. The van der Waals surface area contributed by atoms with Crippen molar-refractivity contribution < 1.29 is 22.8 Å². The molecular weight excluding hydrogens is 299 g/mol. The highest BCUT2D eigenvalue weighted by molar-refractivity contribution is 5.83. The van der Waals surface area contributed by atoms with E-state index in [1.807, 2.05) is 0 Å². The van der Waals surface area contributed by atoms with Gasteiger partial charge in [-0.05, 0) is 19.4 Å². The van der Waals surface area contributed by atoms with Crippen molar-refractivity contribution >= 4 is 11.8 Å². The van der Waals surface area contributed by atoms with Crippen LogP contribution >= 0.6 is 0 Å². The number of piperazine rings is 1. The normalized spacial score (nSPS) is 22.0. The predicted molar refractivity (Wildman–Crippen MR) is 74.1 cm³/mol. The van der Waals surface area contributed by atoms with Crippen LogP contribution in [-0.2, 0) is 9.59 Å². The second kappa shape index (κ2) is 6.85. The van der Waals surface area contributed by atoms with Crippen molar-refractivity contribution in [2.24, 2.45) is 5.92 Å². The van der Waals surface area contributed by atoms with Crippen molar-refractivity contribution in [1.82, 2.24) is 14.7 Å². The van der Waals surface area contributed by atoms with Gasteiger partial charge in [-0.1, -0.05) is 6.92 Å². The summed E-state index contributed by atoms with van der Waals surface area (Å²) in [5.41, 5.74) is 0. The van der Waals surface area contributed by atoms with E-state index in [1.165, 1.54) is 0 Å². The van der Waals surface area contributed by atoms with E-state index < -0.39 is 12.1 Å². The van der Waals surface area contributed by atoms with E-state index in [4.69, 9.17) is 0 Å². The minimum atomic E-state index is -4.83. The van der Waals surface area contributed by atoms with Gasteiger partial charge in [0.2, 0.25) is 5.91 Å². The molecule has 0 aromatic heterocycles. The number of carbonyl (C=O) groups excluding carboxylic acids is 2. The van der Waals surface area contributed by atoms with Gasteiger partial charge < -0.3 is 14.7 Å². The van der Waals surface area contributed by atoms with Crippen molar-refractivity contribution in [3.05, 3.63) is 0 Å². The minimum absolute atomic E-state index is 0.00365. The molecule has 0 radical (unpaired) electrons. The first-order valence-electron chi connectivity index (χ1n) is 7.70. The fourth-order valence-electron chi connectivity index (χ4n) is 3.05. The summed E-state index contributed by atoms with van der Waals surface area (Å²) in [7, 11) is 0. The monoisotopic (exact) mass is 321 g/mol. The lowest BCUT2D eigenvalue weighted by atomic mass is 9.95. The fraction of sp³-hybridized carbons (Fsp3) is 0.857. The zero-order valence-corrected chi connectivity index (χ0v) is 12.7. The molecule has 5 nitrogen and oxygen atoms in total. The van der Waals surface area contributed by atoms with Gasteiger partial charge in [-0.15, -0.1) is 0 Å². The second-order valence-electron chi connectivity index (χ2n) is 5.82. The first-order chi connectivity index (χ1) is 10.3. The molecule has 2 heterocycles. The van der Waals surface area contributed by atoms with Gasteiger partial charge in [0, 0.05) is 45.2 Å². The molecule has 2 saturated heterocycles. The number of amides is 2. The van der Waals surface area contributed by atoms with Crippen LogP contribution in [0.15, 0.2) is 0 Å². The number of piperidine rings is 1. The molecule has 2 fully saturated rings. The smallest absolute Gasteiger partial charge is 0.340 e. The molecule has 0 spiro atoms. The van der Waals surface area contributed by atoms with Crippen LogP contribution in [0.25, 0.3) is 0 Å². The Morgan fingerprint density at radius 2 is 1.50 bits per heavy atom. The van der Waals surface area contributed by atoms with Gasteiger partial charge in [0.25, 0.3) is 0 Å². The molecule has 126 valence electrons. The Bertz CT molecular complexity index is 412. The molecule has 2 aliphatic heterocycles. The van der Waals surface area contributed by atoms with Crippen LogP contribution in [0.4, 0.5) is 13.2 Å². The molecule has 2 aliphatic rings.